The molecule has 4 aromatic rings. The van der Waals surface area contributed by atoms with Crippen molar-refractivity contribution < 1.29 is 57.1 Å². The van der Waals surface area contributed by atoms with Crippen molar-refractivity contribution in [3.05, 3.63) is 110 Å². The highest BCUT2D eigenvalue weighted by molar-refractivity contribution is 6.25. The number of hydrogen-bond donors (Lipinski definition) is 4. The van der Waals surface area contributed by atoms with E-state index in [1.54, 1.807) is 18.2 Å². The quantitative estimate of drug-likeness (QED) is 0.0440. The van der Waals surface area contributed by atoms with Gasteiger partial charge in [0, 0.05) is 79.1 Å². The highest BCUT2D eigenvalue weighted by Gasteiger charge is 2.45. The zero-order chi connectivity index (χ0) is 51.7. The maximum atomic E-state index is 14.0. The van der Waals surface area contributed by atoms with Crippen molar-refractivity contribution in [1.82, 2.24) is 20.5 Å². The number of fused-ring (bicyclic) bond motifs is 1. The standard InChI is InChI=1S/C54H68N6O13/c1-5-59(39-15-18-67-19-16-39)46-33-38(32-42(37(46)4)50(62)56-34-43-35(2)31-36(3)57-51(43)63)40-9-6-7-12-47(40)73-30-29-72-28-27-71-26-25-70-24-23-69-22-21-68-20-17-55-44-11-8-10-41-49(44)54(66)60(53(41)65)45-13-14-48(61)58-52(45)64/h6-12,31-33,39,45,55H,5,13-30,34H2,1-4H3,(H,56,62)(H,57,63)(H,58,61,64). The number of hydrogen-bond acceptors (Lipinski definition) is 15. The van der Waals surface area contributed by atoms with Crippen LogP contribution in [0.1, 0.15) is 86.1 Å². The van der Waals surface area contributed by atoms with Crippen molar-refractivity contribution in [2.45, 2.75) is 72.0 Å². The van der Waals surface area contributed by atoms with Crippen LogP contribution in [0.5, 0.6) is 5.75 Å². The molecule has 3 aliphatic heterocycles. The van der Waals surface area contributed by atoms with Gasteiger partial charge in [-0.1, -0.05) is 24.3 Å². The van der Waals surface area contributed by atoms with Crippen LogP contribution in [-0.4, -0.2) is 150 Å². The van der Waals surface area contributed by atoms with E-state index in [1.165, 1.54) is 0 Å². The lowest BCUT2D eigenvalue weighted by atomic mass is 9.94. The molecule has 4 heterocycles. The van der Waals surface area contributed by atoms with Gasteiger partial charge in [-0.05, 0) is 100 Å². The number of aromatic amines is 1. The largest absolute Gasteiger partial charge is 0.491 e. The molecule has 5 amide bonds. The van der Waals surface area contributed by atoms with E-state index in [4.69, 9.17) is 33.2 Å². The van der Waals surface area contributed by atoms with E-state index >= 15 is 0 Å². The van der Waals surface area contributed by atoms with Crippen molar-refractivity contribution in [3.63, 3.8) is 0 Å². The smallest absolute Gasteiger partial charge is 0.264 e. The molecule has 0 saturated carbocycles. The highest BCUT2D eigenvalue weighted by atomic mass is 16.6. The number of carbonyl (C=O) groups is 5. The molecule has 0 spiro atoms. The number of pyridine rings is 1. The van der Waals surface area contributed by atoms with E-state index in [1.807, 2.05) is 57.2 Å². The Morgan fingerprint density at radius 2 is 1.40 bits per heavy atom. The predicted octanol–water partition coefficient (Wildman–Crippen LogP) is 4.88. The number of para-hydroxylation sites is 1. The van der Waals surface area contributed by atoms with E-state index in [2.05, 4.69) is 38.8 Å². The summed E-state index contributed by atoms with van der Waals surface area (Å²) in [6, 6.07) is 17.9. The number of aryl methyl sites for hydroxylation is 2. The molecule has 0 aliphatic carbocycles. The van der Waals surface area contributed by atoms with Crippen molar-refractivity contribution >= 4 is 40.9 Å². The first-order chi connectivity index (χ1) is 35.5. The molecule has 19 heteroatoms. The molecule has 0 bridgehead atoms. The molecular weight excluding hydrogens is 941 g/mol. The van der Waals surface area contributed by atoms with Crippen molar-refractivity contribution in [3.8, 4) is 16.9 Å². The molecule has 7 rings (SSSR count). The number of carbonyl (C=O) groups excluding carboxylic acids is 5. The normalized spacial score (nSPS) is 15.9. The van der Waals surface area contributed by atoms with E-state index < -0.39 is 29.7 Å². The Balaban J connectivity index is 0.770. The monoisotopic (exact) mass is 1010 g/mol. The van der Waals surface area contributed by atoms with Crippen molar-refractivity contribution in [2.24, 2.45) is 0 Å². The third kappa shape index (κ3) is 14.2. The number of amides is 5. The van der Waals surface area contributed by atoms with Crippen LogP contribution in [0.15, 0.2) is 65.5 Å². The molecule has 1 aromatic heterocycles. The first-order valence-electron chi connectivity index (χ1n) is 25.1. The fraction of sp³-hybridized carbons (Fsp3) is 0.481. The van der Waals surface area contributed by atoms with Gasteiger partial charge in [-0.25, -0.2) is 0 Å². The summed E-state index contributed by atoms with van der Waals surface area (Å²) in [6.07, 6.45) is 1.93. The van der Waals surface area contributed by atoms with Crippen LogP contribution >= 0.6 is 0 Å². The third-order valence-corrected chi connectivity index (χ3v) is 13.0. The Morgan fingerprint density at radius 1 is 0.753 bits per heavy atom. The summed E-state index contributed by atoms with van der Waals surface area (Å²) < 4.78 is 40.3. The van der Waals surface area contributed by atoms with Crippen LogP contribution < -0.4 is 31.1 Å². The third-order valence-electron chi connectivity index (χ3n) is 13.0. The molecule has 3 aromatic carbocycles. The first-order valence-corrected chi connectivity index (χ1v) is 25.1. The molecule has 3 aliphatic rings. The van der Waals surface area contributed by atoms with Gasteiger partial charge in [0.15, 0.2) is 0 Å². The lowest BCUT2D eigenvalue weighted by Gasteiger charge is -2.37. The Morgan fingerprint density at radius 3 is 2.05 bits per heavy atom. The number of imide groups is 2. The lowest BCUT2D eigenvalue weighted by Crippen LogP contribution is -2.54. The summed E-state index contributed by atoms with van der Waals surface area (Å²) in [7, 11) is 0. The number of nitrogens with zero attached hydrogens (tertiary/aromatic N) is 2. The molecular formula is C54H68N6O13. The number of rotatable bonds is 28. The van der Waals surface area contributed by atoms with E-state index in [9.17, 15) is 28.8 Å². The highest BCUT2D eigenvalue weighted by Crippen LogP contribution is 2.38. The minimum absolute atomic E-state index is 0.0547. The maximum absolute atomic E-state index is 14.0. The van der Waals surface area contributed by atoms with E-state index in [-0.39, 0.29) is 48.0 Å². The minimum Gasteiger partial charge on any atom is -0.491 e. The predicted molar refractivity (Wildman–Crippen MR) is 272 cm³/mol. The van der Waals surface area contributed by atoms with Gasteiger partial charge in [0.25, 0.3) is 23.3 Å². The summed E-state index contributed by atoms with van der Waals surface area (Å²) in [4.78, 5) is 83.2. The van der Waals surface area contributed by atoms with E-state index in [0.717, 1.165) is 57.9 Å². The van der Waals surface area contributed by atoms with Gasteiger partial charge in [-0.15, -0.1) is 0 Å². The number of aromatic nitrogens is 1. The summed E-state index contributed by atoms with van der Waals surface area (Å²) >= 11 is 0. The van der Waals surface area contributed by atoms with Gasteiger partial charge in [0.1, 0.15) is 18.4 Å². The van der Waals surface area contributed by atoms with Crippen molar-refractivity contribution in [1.29, 1.82) is 0 Å². The van der Waals surface area contributed by atoms with Crippen LogP contribution in [-0.2, 0) is 44.6 Å². The summed E-state index contributed by atoms with van der Waals surface area (Å²) in [5, 5.41) is 8.37. The molecule has 4 N–H and O–H groups in total. The molecule has 1 atom stereocenters. The van der Waals surface area contributed by atoms with Gasteiger partial charge in [-0.3, -0.25) is 39.0 Å². The van der Waals surface area contributed by atoms with Crippen molar-refractivity contribution in [2.75, 3.05) is 109 Å². The molecule has 73 heavy (non-hydrogen) atoms. The zero-order valence-electron chi connectivity index (χ0n) is 42.3. The summed E-state index contributed by atoms with van der Waals surface area (Å²) in [5.74, 6) is -1.81. The van der Waals surface area contributed by atoms with Crippen LogP contribution in [0.2, 0.25) is 0 Å². The maximum Gasteiger partial charge on any atom is 0.264 e. The fourth-order valence-corrected chi connectivity index (χ4v) is 9.32. The second kappa shape index (κ2) is 27.0. The molecule has 0 radical (unpaired) electrons. The Labute approximate surface area is 425 Å². The lowest BCUT2D eigenvalue weighted by molar-refractivity contribution is -0.136. The van der Waals surface area contributed by atoms with Gasteiger partial charge >= 0.3 is 0 Å². The number of nitrogens with one attached hydrogen (secondary N) is 4. The summed E-state index contributed by atoms with van der Waals surface area (Å²) in [5.41, 5.74) is 6.83. The number of piperidine rings is 1. The van der Waals surface area contributed by atoms with Gasteiger partial charge < -0.3 is 53.7 Å². The first kappa shape index (κ1) is 54.3. The Bertz CT molecular complexity index is 2630. The Hall–Kier alpha value is -6.48. The minimum atomic E-state index is -1.03. The molecule has 1 unspecified atom stereocenters. The van der Waals surface area contributed by atoms with Gasteiger partial charge in [0.2, 0.25) is 11.8 Å². The second-order valence-electron chi connectivity index (χ2n) is 17.9. The number of benzene rings is 3. The van der Waals surface area contributed by atoms with Crippen LogP contribution in [0, 0.1) is 20.8 Å². The van der Waals surface area contributed by atoms with Gasteiger partial charge in [0.05, 0.1) is 77.2 Å². The van der Waals surface area contributed by atoms with E-state index in [0.29, 0.717) is 115 Å². The molecule has 19 nitrogen and oxygen atoms in total. The van der Waals surface area contributed by atoms with Gasteiger partial charge in [-0.2, -0.15) is 0 Å². The van der Waals surface area contributed by atoms with Crippen LogP contribution in [0.25, 0.3) is 11.1 Å². The zero-order valence-corrected chi connectivity index (χ0v) is 42.3. The number of anilines is 2. The number of ether oxygens (including phenoxy) is 7. The average Bonchev–Trinajstić information content (AvgIpc) is 3.63. The van der Waals surface area contributed by atoms with Crippen LogP contribution in [0.3, 0.4) is 0 Å². The SMILES string of the molecule is CCN(c1cc(-c2ccccc2OCCOCCOCCOCCOCCOCCNc2cccc3c2C(=O)N(C2CCC(=O)NC2=O)C3=O)cc(C(=O)NCc2c(C)cc(C)[nH]c2=O)c1C)C1CCOCC1. The summed E-state index contributed by atoms with van der Waals surface area (Å²) in [6.45, 7) is 14.4. The Kier molecular flexibility index (Phi) is 20.1. The number of H-pyrrole nitrogens is 1. The molecule has 2 fully saturated rings. The fourth-order valence-electron chi connectivity index (χ4n) is 9.32. The topological polar surface area (TPSA) is 225 Å². The average molecular weight is 1010 g/mol. The van der Waals surface area contributed by atoms with Crippen LogP contribution in [0.4, 0.5) is 11.4 Å². The molecule has 2 saturated heterocycles. The molecule has 392 valence electrons. The second-order valence-corrected chi connectivity index (χ2v) is 17.9.